The first kappa shape index (κ1) is 16.3. The Bertz CT molecular complexity index is 783. The second kappa shape index (κ2) is 7.35. The molecule has 0 spiro atoms. The Hall–Kier alpha value is -1.54. The minimum atomic E-state index is 1.13. The molecule has 0 N–H and O–H groups in total. The van der Waals surface area contributed by atoms with Crippen LogP contribution in [-0.4, -0.2) is 4.57 Å². The van der Waals surface area contributed by atoms with E-state index in [2.05, 4.69) is 83.0 Å². The molecule has 0 bridgehead atoms. The number of hydrogen-bond acceptors (Lipinski definition) is 0. The van der Waals surface area contributed by atoms with Gasteiger partial charge in [-0.15, -0.1) is 0 Å². The highest BCUT2D eigenvalue weighted by molar-refractivity contribution is 9.10. The Morgan fingerprint density at radius 2 is 1.65 bits per heavy atom. The number of rotatable bonds is 6. The van der Waals surface area contributed by atoms with Crippen molar-refractivity contribution in [3.63, 3.8) is 0 Å². The first-order valence-corrected chi connectivity index (χ1v) is 9.34. The predicted molar refractivity (Wildman–Crippen MR) is 104 cm³/mol. The summed E-state index contributed by atoms with van der Waals surface area (Å²) in [5.74, 6) is 0. The molecule has 0 unspecified atom stereocenters. The molecule has 1 heterocycles. The Kier molecular flexibility index (Phi) is 5.22. The summed E-state index contributed by atoms with van der Waals surface area (Å²) in [5, 5.41) is 1.36. The van der Waals surface area contributed by atoms with Gasteiger partial charge in [0, 0.05) is 33.7 Å². The third-order valence-electron chi connectivity index (χ3n) is 4.63. The average molecular weight is 370 g/mol. The minimum absolute atomic E-state index is 1.13. The van der Waals surface area contributed by atoms with Gasteiger partial charge in [-0.25, -0.2) is 0 Å². The topological polar surface area (TPSA) is 4.93 Å². The second-order valence-electron chi connectivity index (χ2n) is 6.22. The summed E-state index contributed by atoms with van der Waals surface area (Å²) in [7, 11) is 2.21. The van der Waals surface area contributed by atoms with Gasteiger partial charge in [0.1, 0.15) is 0 Å². The predicted octanol–water partition coefficient (Wildman–Crippen LogP) is 6.73. The Morgan fingerprint density at radius 3 is 2.39 bits per heavy atom. The summed E-state index contributed by atoms with van der Waals surface area (Å²) in [5.41, 5.74) is 5.52. The van der Waals surface area contributed by atoms with Crippen molar-refractivity contribution < 1.29 is 0 Å². The highest BCUT2D eigenvalue weighted by Gasteiger charge is 2.15. The first-order chi connectivity index (χ1) is 11.2. The van der Waals surface area contributed by atoms with Gasteiger partial charge >= 0.3 is 0 Å². The molecule has 0 amide bonds. The van der Waals surface area contributed by atoms with E-state index in [1.165, 1.54) is 53.4 Å². The third-order valence-corrected chi connectivity index (χ3v) is 5.16. The zero-order chi connectivity index (χ0) is 16.2. The average Bonchev–Trinajstić information content (AvgIpc) is 2.85. The maximum absolute atomic E-state index is 3.55. The maximum atomic E-state index is 3.55. The monoisotopic (exact) mass is 369 g/mol. The molecule has 1 aromatic heterocycles. The molecular weight excluding hydrogens is 346 g/mol. The van der Waals surface area contributed by atoms with Crippen LogP contribution in [0.3, 0.4) is 0 Å². The van der Waals surface area contributed by atoms with Gasteiger partial charge < -0.3 is 4.57 Å². The van der Waals surface area contributed by atoms with Gasteiger partial charge in [0.15, 0.2) is 0 Å². The fourth-order valence-electron chi connectivity index (χ4n) is 3.40. The molecule has 120 valence electrons. The van der Waals surface area contributed by atoms with E-state index >= 15 is 0 Å². The molecule has 0 fully saturated rings. The summed E-state index contributed by atoms with van der Waals surface area (Å²) in [6, 6.07) is 17.5. The summed E-state index contributed by atoms with van der Waals surface area (Å²) >= 11 is 3.55. The number of halogens is 1. The molecule has 0 aliphatic carbocycles. The van der Waals surface area contributed by atoms with Gasteiger partial charge in [-0.3, -0.25) is 0 Å². The summed E-state index contributed by atoms with van der Waals surface area (Å²) < 4.78 is 3.52. The smallest absolute Gasteiger partial charge is 0.0486 e. The number of nitrogens with zero attached hydrogens (tertiary/aromatic N) is 1. The van der Waals surface area contributed by atoms with Crippen LogP contribution < -0.4 is 0 Å². The van der Waals surface area contributed by atoms with Crippen molar-refractivity contribution in [2.24, 2.45) is 7.05 Å². The van der Waals surface area contributed by atoms with Crippen molar-refractivity contribution in [3.8, 4) is 11.1 Å². The molecule has 0 radical (unpaired) electrons. The molecule has 23 heavy (non-hydrogen) atoms. The largest absolute Gasteiger partial charge is 0.347 e. The number of aryl methyl sites for hydroxylation is 1. The number of benzene rings is 2. The highest BCUT2D eigenvalue weighted by atomic mass is 79.9. The molecule has 2 aromatic carbocycles. The standard InChI is InChI=1S/C21H24BrN/c1-3-4-5-6-11-20-21(16-12-14-17(22)15-13-16)18-9-7-8-10-19(18)23(20)2/h7-10,12-15H,3-6,11H2,1-2H3. The number of fused-ring (bicyclic) bond motifs is 1. The van der Waals surface area contributed by atoms with Crippen molar-refractivity contribution in [3.05, 3.63) is 58.7 Å². The fraction of sp³-hybridized carbons (Fsp3) is 0.333. The van der Waals surface area contributed by atoms with E-state index in [-0.39, 0.29) is 0 Å². The molecular formula is C21H24BrN. The lowest BCUT2D eigenvalue weighted by molar-refractivity contribution is 0.651. The van der Waals surface area contributed by atoms with Gasteiger partial charge in [-0.05, 0) is 36.6 Å². The number of hydrogen-bond donors (Lipinski definition) is 0. The summed E-state index contributed by atoms with van der Waals surface area (Å²) in [4.78, 5) is 0. The SMILES string of the molecule is CCCCCCc1c(-c2ccc(Br)cc2)c2ccccc2n1C. The van der Waals surface area contributed by atoms with Crippen molar-refractivity contribution in [2.75, 3.05) is 0 Å². The van der Waals surface area contributed by atoms with Crippen LogP contribution in [0, 0.1) is 0 Å². The van der Waals surface area contributed by atoms with Crippen LogP contribution in [0.1, 0.15) is 38.3 Å². The van der Waals surface area contributed by atoms with Crippen LogP contribution in [0.15, 0.2) is 53.0 Å². The van der Waals surface area contributed by atoms with E-state index in [9.17, 15) is 0 Å². The van der Waals surface area contributed by atoms with E-state index in [0.717, 1.165) is 10.9 Å². The van der Waals surface area contributed by atoms with Crippen molar-refractivity contribution in [1.29, 1.82) is 0 Å². The van der Waals surface area contributed by atoms with Crippen LogP contribution in [0.4, 0.5) is 0 Å². The van der Waals surface area contributed by atoms with Gasteiger partial charge in [0.25, 0.3) is 0 Å². The first-order valence-electron chi connectivity index (χ1n) is 8.54. The normalized spacial score (nSPS) is 11.3. The molecule has 3 aromatic rings. The third kappa shape index (κ3) is 3.37. The molecule has 2 heteroatoms. The van der Waals surface area contributed by atoms with Crippen LogP contribution >= 0.6 is 15.9 Å². The lowest BCUT2D eigenvalue weighted by atomic mass is 9.99. The lowest BCUT2D eigenvalue weighted by Crippen LogP contribution is -1.98. The van der Waals surface area contributed by atoms with E-state index in [1.807, 2.05) is 0 Å². The van der Waals surface area contributed by atoms with E-state index in [4.69, 9.17) is 0 Å². The van der Waals surface area contributed by atoms with E-state index in [1.54, 1.807) is 0 Å². The summed E-state index contributed by atoms with van der Waals surface area (Å²) in [6.45, 7) is 2.27. The van der Waals surface area contributed by atoms with Gasteiger partial charge in [0.05, 0.1) is 0 Å². The molecule has 0 aliphatic heterocycles. The zero-order valence-electron chi connectivity index (χ0n) is 14.0. The quantitative estimate of drug-likeness (QED) is 0.424. The van der Waals surface area contributed by atoms with Crippen LogP contribution in [0.5, 0.6) is 0 Å². The van der Waals surface area contributed by atoms with Crippen LogP contribution in [0.25, 0.3) is 22.0 Å². The van der Waals surface area contributed by atoms with Crippen molar-refractivity contribution in [1.82, 2.24) is 4.57 Å². The molecule has 0 saturated heterocycles. The molecule has 0 saturated carbocycles. The van der Waals surface area contributed by atoms with Crippen LogP contribution in [0.2, 0.25) is 0 Å². The highest BCUT2D eigenvalue weighted by Crippen LogP contribution is 2.35. The zero-order valence-corrected chi connectivity index (χ0v) is 15.6. The van der Waals surface area contributed by atoms with Crippen molar-refractivity contribution >= 4 is 26.8 Å². The van der Waals surface area contributed by atoms with Crippen molar-refractivity contribution in [2.45, 2.75) is 39.0 Å². The summed E-state index contributed by atoms with van der Waals surface area (Å²) in [6.07, 6.45) is 6.35. The number of para-hydroxylation sites is 1. The molecule has 0 atom stereocenters. The van der Waals surface area contributed by atoms with Gasteiger partial charge in [0.2, 0.25) is 0 Å². The Morgan fingerprint density at radius 1 is 0.913 bits per heavy atom. The molecule has 3 rings (SSSR count). The van der Waals surface area contributed by atoms with E-state index < -0.39 is 0 Å². The molecule has 1 nitrogen and oxygen atoms in total. The van der Waals surface area contributed by atoms with Gasteiger partial charge in [-0.2, -0.15) is 0 Å². The molecule has 0 aliphatic rings. The second-order valence-corrected chi connectivity index (χ2v) is 7.13. The lowest BCUT2D eigenvalue weighted by Gasteiger charge is -2.09. The maximum Gasteiger partial charge on any atom is 0.0486 e. The fourth-order valence-corrected chi connectivity index (χ4v) is 3.66. The van der Waals surface area contributed by atoms with Crippen LogP contribution in [-0.2, 0) is 13.5 Å². The number of unbranched alkanes of at least 4 members (excludes halogenated alkanes) is 3. The minimum Gasteiger partial charge on any atom is -0.347 e. The Balaban J connectivity index is 2.07. The number of aromatic nitrogens is 1. The van der Waals surface area contributed by atoms with E-state index in [0.29, 0.717) is 0 Å². The Labute approximate surface area is 147 Å². The van der Waals surface area contributed by atoms with Gasteiger partial charge in [-0.1, -0.05) is 72.4 Å².